The van der Waals surface area contributed by atoms with Gasteiger partial charge in [-0.3, -0.25) is 4.79 Å². The van der Waals surface area contributed by atoms with Gasteiger partial charge in [-0.15, -0.1) is 0 Å². The highest BCUT2D eigenvalue weighted by Gasteiger charge is 2.13. The number of rotatable bonds is 5. The Balaban J connectivity index is 2.83. The number of nitrogens with one attached hydrogen (secondary N) is 1. The Morgan fingerprint density at radius 2 is 2.29 bits per heavy atom. The molecule has 0 bridgehead atoms. The Labute approximate surface area is 102 Å². The first-order valence-corrected chi connectivity index (χ1v) is 5.73. The molecule has 1 aromatic carbocycles. The van der Waals surface area contributed by atoms with Gasteiger partial charge < -0.3 is 10.4 Å². The lowest BCUT2D eigenvalue weighted by atomic mass is 10.1. The van der Waals surface area contributed by atoms with Crippen molar-refractivity contribution >= 4 is 17.7 Å². The number of amides is 1. The molecular formula is C14H19NO2. The molecule has 0 aliphatic heterocycles. The Bertz CT molecular complexity index is 413. The second-order valence-electron chi connectivity index (χ2n) is 4.20. The minimum absolute atomic E-state index is 0.0245. The summed E-state index contributed by atoms with van der Waals surface area (Å²) in [5.74, 6) is -0.272. The zero-order valence-corrected chi connectivity index (χ0v) is 10.4. The molecule has 92 valence electrons. The van der Waals surface area contributed by atoms with Crippen LogP contribution in [0.2, 0.25) is 0 Å². The Hall–Kier alpha value is -1.61. The molecule has 0 saturated heterocycles. The first kappa shape index (κ1) is 13.5. The maximum Gasteiger partial charge on any atom is 0.227 e. The average Bonchev–Trinajstić information content (AvgIpc) is 2.29. The molecule has 3 heteroatoms. The zero-order chi connectivity index (χ0) is 12.8. The number of aliphatic hydroxyl groups is 1. The van der Waals surface area contributed by atoms with Crippen LogP contribution in [0.5, 0.6) is 0 Å². The third-order valence-electron chi connectivity index (χ3n) is 2.70. The van der Waals surface area contributed by atoms with E-state index in [0.29, 0.717) is 6.42 Å². The molecule has 1 rings (SSSR count). The Morgan fingerprint density at radius 1 is 1.59 bits per heavy atom. The van der Waals surface area contributed by atoms with E-state index >= 15 is 0 Å². The molecule has 1 atom stereocenters. The van der Waals surface area contributed by atoms with Gasteiger partial charge in [-0.2, -0.15) is 0 Å². The summed E-state index contributed by atoms with van der Waals surface area (Å²) in [5, 5.41) is 11.7. The second-order valence-corrected chi connectivity index (χ2v) is 4.20. The highest BCUT2D eigenvalue weighted by atomic mass is 16.3. The molecule has 0 aliphatic rings. The number of carbonyl (C=O) groups is 1. The van der Waals surface area contributed by atoms with Crippen LogP contribution in [0.25, 0.3) is 6.08 Å². The van der Waals surface area contributed by atoms with Crippen molar-refractivity contribution in [1.29, 1.82) is 0 Å². The molecule has 0 radical (unpaired) electrons. The van der Waals surface area contributed by atoms with E-state index < -0.39 is 0 Å². The first-order valence-electron chi connectivity index (χ1n) is 5.73. The topological polar surface area (TPSA) is 49.3 Å². The standard InChI is InChI=1S/C14H19NO2/c1-4-12-6-5-10(2)9-13(12)15-14(17)11(3)7-8-16/h4-6,9,11,16H,1,7-8H2,2-3H3,(H,15,17)/t11-/m0/s1. The quantitative estimate of drug-likeness (QED) is 0.821. The predicted octanol–water partition coefficient (Wildman–Crippen LogP) is 2.60. The van der Waals surface area contributed by atoms with E-state index in [1.165, 1.54) is 0 Å². The molecule has 0 heterocycles. The van der Waals surface area contributed by atoms with Gasteiger partial charge >= 0.3 is 0 Å². The van der Waals surface area contributed by atoms with Crippen LogP contribution in [0.15, 0.2) is 24.8 Å². The van der Waals surface area contributed by atoms with Crippen molar-refractivity contribution in [3.05, 3.63) is 35.9 Å². The van der Waals surface area contributed by atoms with Gasteiger partial charge in [-0.05, 0) is 30.5 Å². The first-order chi connectivity index (χ1) is 8.08. The van der Waals surface area contributed by atoms with E-state index in [0.717, 1.165) is 16.8 Å². The summed E-state index contributed by atoms with van der Waals surface area (Å²) in [7, 11) is 0. The predicted molar refractivity (Wildman–Crippen MR) is 70.8 cm³/mol. The lowest BCUT2D eigenvalue weighted by molar-refractivity contribution is -0.119. The van der Waals surface area contributed by atoms with Crippen LogP contribution >= 0.6 is 0 Å². The fourth-order valence-electron chi connectivity index (χ4n) is 1.54. The number of hydrogen-bond acceptors (Lipinski definition) is 2. The summed E-state index contributed by atoms with van der Waals surface area (Å²) < 4.78 is 0. The van der Waals surface area contributed by atoms with E-state index in [1.807, 2.05) is 25.1 Å². The SMILES string of the molecule is C=Cc1ccc(C)cc1NC(=O)[C@@H](C)CCO. The van der Waals surface area contributed by atoms with Gasteiger partial charge in [-0.1, -0.05) is 31.7 Å². The second kappa shape index (κ2) is 6.21. The van der Waals surface area contributed by atoms with Crippen molar-refractivity contribution in [2.75, 3.05) is 11.9 Å². The Morgan fingerprint density at radius 3 is 2.88 bits per heavy atom. The monoisotopic (exact) mass is 233 g/mol. The van der Waals surface area contributed by atoms with Crippen molar-refractivity contribution in [3.8, 4) is 0 Å². The summed E-state index contributed by atoms with van der Waals surface area (Å²) in [5.41, 5.74) is 2.76. The average molecular weight is 233 g/mol. The van der Waals surface area contributed by atoms with Gasteiger partial charge in [0, 0.05) is 18.2 Å². The maximum atomic E-state index is 11.8. The van der Waals surface area contributed by atoms with Crippen LogP contribution in [-0.4, -0.2) is 17.6 Å². The van der Waals surface area contributed by atoms with Crippen LogP contribution in [0.3, 0.4) is 0 Å². The van der Waals surface area contributed by atoms with E-state index in [1.54, 1.807) is 13.0 Å². The van der Waals surface area contributed by atoms with Crippen LogP contribution < -0.4 is 5.32 Å². The summed E-state index contributed by atoms with van der Waals surface area (Å²) in [6.45, 7) is 7.52. The van der Waals surface area contributed by atoms with E-state index in [9.17, 15) is 4.79 Å². The lowest BCUT2D eigenvalue weighted by Gasteiger charge is -2.13. The molecule has 0 spiro atoms. The fourth-order valence-corrected chi connectivity index (χ4v) is 1.54. The van der Waals surface area contributed by atoms with Crippen molar-refractivity contribution in [2.24, 2.45) is 5.92 Å². The molecular weight excluding hydrogens is 214 g/mol. The van der Waals surface area contributed by atoms with Gasteiger partial charge in [0.2, 0.25) is 5.91 Å². The largest absolute Gasteiger partial charge is 0.396 e. The molecule has 0 aliphatic carbocycles. The molecule has 1 aromatic rings. The van der Waals surface area contributed by atoms with Crippen molar-refractivity contribution in [3.63, 3.8) is 0 Å². The maximum absolute atomic E-state index is 11.8. The van der Waals surface area contributed by atoms with Crippen LogP contribution in [0, 0.1) is 12.8 Å². The molecule has 2 N–H and O–H groups in total. The molecule has 1 amide bonds. The highest BCUT2D eigenvalue weighted by Crippen LogP contribution is 2.19. The Kier molecular flexibility index (Phi) is 4.91. The molecule has 0 saturated carbocycles. The van der Waals surface area contributed by atoms with Gasteiger partial charge in [0.05, 0.1) is 0 Å². The number of anilines is 1. The van der Waals surface area contributed by atoms with Crippen LogP contribution in [0.4, 0.5) is 5.69 Å². The van der Waals surface area contributed by atoms with Crippen molar-refractivity contribution < 1.29 is 9.90 Å². The summed E-state index contributed by atoms with van der Waals surface area (Å²) in [6.07, 6.45) is 2.19. The lowest BCUT2D eigenvalue weighted by Crippen LogP contribution is -2.21. The summed E-state index contributed by atoms with van der Waals surface area (Å²) in [6, 6.07) is 5.82. The summed E-state index contributed by atoms with van der Waals surface area (Å²) >= 11 is 0. The fraction of sp³-hybridized carbons (Fsp3) is 0.357. The third-order valence-corrected chi connectivity index (χ3v) is 2.70. The van der Waals surface area contributed by atoms with Gasteiger partial charge in [0.15, 0.2) is 0 Å². The van der Waals surface area contributed by atoms with Crippen LogP contribution in [-0.2, 0) is 4.79 Å². The van der Waals surface area contributed by atoms with Gasteiger partial charge in [0.25, 0.3) is 0 Å². The van der Waals surface area contributed by atoms with Gasteiger partial charge in [0.1, 0.15) is 0 Å². The number of benzene rings is 1. The number of hydrogen-bond donors (Lipinski definition) is 2. The summed E-state index contributed by atoms with van der Waals surface area (Å²) in [4.78, 5) is 11.8. The van der Waals surface area contributed by atoms with E-state index in [4.69, 9.17) is 5.11 Å². The molecule has 0 unspecified atom stereocenters. The number of aryl methyl sites for hydroxylation is 1. The number of carbonyl (C=O) groups excluding carboxylic acids is 1. The smallest absolute Gasteiger partial charge is 0.227 e. The molecule has 3 nitrogen and oxygen atoms in total. The minimum atomic E-state index is -0.196. The number of aliphatic hydroxyl groups excluding tert-OH is 1. The molecule has 17 heavy (non-hydrogen) atoms. The van der Waals surface area contributed by atoms with Crippen molar-refractivity contribution in [1.82, 2.24) is 0 Å². The molecule has 0 fully saturated rings. The van der Waals surface area contributed by atoms with Crippen LogP contribution in [0.1, 0.15) is 24.5 Å². The van der Waals surface area contributed by atoms with Gasteiger partial charge in [-0.25, -0.2) is 0 Å². The zero-order valence-electron chi connectivity index (χ0n) is 10.4. The van der Waals surface area contributed by atoms with E-state index in [-0.39, 0.29) is 18.4 Å². The third kappa shape index (κ3) is 3.71. The molecule has 0 aromatic heterocycles. The van der Waals surface area contributed by atoms with E-state index in [2.05, 4.69) is 11.9 Å². The minimum Gasteiger partial charge on any atom is -0.396 e. The highest BCUT2D eigenvalue weighted by molar-refractivity contribution is 5.94. The normalized spacial score (nSPS) is 11.9. The van der Waals surface area contributed by atoms with Crippen molar-refractivity contribution in [2.45, 2.75) is 20.3 Å².